The summed E-state index contributed by atoms with van der Waals surface area (Å²) < 4.78 is 4.88. The second-order valence-corrected chi connectivity index (χ2v) is 3.48. The Labute approximate surface area is 102 Å². The third-order valence-corrected chi connectivity index (χ3v) is 2.15. The molecule has 0 radical (unpaired) electrons. The summed E-state index contributed by atoms with van der Waals surface area (Å²) in [5, 5.41) is 16.6. The Morgan fingerprint density at radius 3 is 2.61 bits per heavy atom. The van der Waals surface area contributed by atoms with Gasteiger partial charge in [0.1, 0.15) is 5.69 Å². The number of hydrogen-bond donors (Lipinski definition) is 1. The number of hydrogen-bond acceptors (Lipinski definition) is 6. The van der Waals surface area contributed by atoms with Gasteiger partial charge < -0.3 is 9.84 Å². The van der Waals surface area contributed by atoms with Gasteiger partial charge in [-0.15, -0.1) is 10.2 Å². The van der Waals surface area contributed by atoms with Crippen LogP contribution in [0.15, 0.2) is 18.2 Å². The monoisotopic (exact) mass is 246 g/mol. The highest BCUT2D eigenvalue weighted by Crippen LogP contribution is 2.14. The SMILES string of the molecule is COc1ccc(-c2nc(C)cc(C(=O)O)n2)nn1. The van der Waals surface area contributed by atoms with Crippen LogP contribution in [0.4, 0.5) is 0 Å². The molecule has 0 fully saturated rings. The maximum atomic E-state index is 10.9. The number of carboxylic acid groups (broad SMARTS) is 1. The molecule has 2 aromatic rings. The van der Waals surface area contributed by atoms with Crippen LogP contribution in [0.25, 0.3) is 11.5 Å². The molecule has 2 aromatic heterocycles. The number of aromatic nitrogens is 4. The fraction of sp³-hybridized carbons (Fsp3) is 0.182. The van der Waals surface area contributed by atoms with E-state index in [0.717, 1.165) is 0 Å². The molecule has 0 aromatic carbocycles. The molecule has 0 bridgehead atoms. The molecule has 7 heteroatoms. The number of methoxy groups -OCH3 is 1. The first kappa shape index (κ1) is 11.9. The average Bonchev–Trinajstić information content (AvgIpc) is 2.38. The van der Waals surface area contributed by atoms with Crippen LogP contribution in [0.3, 0.4) is 0 Å². The maximum Gasteiger partial charge on any atom is 0.354 e. The molecule has 2 heterocycles. The van der Waals surface area contributed by atoms with Crippen molar-refractivity contribution in [3.63, 3.8) is 0 Å². The molecule has 0 saturated heterocycles. The summed E-state index contributed by atoms with van der Waals surface area (Å²) in [5.74, 6) is -0.518. The van der Waals surface area contributed by atoms with Gasteiger partial charge in [0.15, 0.2) is 11.5 Å². The van der Waals surface area contributed by atoms with Crippen LogP contribution in [0.2, 0.25) is 0 Å². The van der Waals surface area contributed by atoms with E-state index in [4.69, 9.17) is 9.84 Å². The Morgan fingerprint density at radius 1 is 1.28 bits per heavy atom. The lowest BCUT2D eigenvalue weighted by molar-refractivity contribution is 0.0690. The van der Waals surface area contributed by atoms with E-state index in [1.54, 1.807) is 19.1 Å². The van der Waals surface area contributed by atoms with Crippen LogP contribution in [-0.2, 0) is 0 Å². The minimum Gasteiger partial charge on any atom is -0.480 e. The first-order valence-corrected chi connectivity index (χ1v) is 5.07. The fourth-order valence-corrected chi connectivity index (χ4v) is 1.34. The van der Waals surface area contributed by atoms with Crippen molar-refractivity contribution in [3.8, 4) is 17.4 Å². The van der Waals surface area contributed by atoms with Crippen molar-refractivity contribution in [1.82, 2.24) is 20.2 Å². The van der Waals surface area contributed by atoms with Crippen molar-refractivity contribution in [2.24, 2.45) is 0 Å². The third kappa shape index (κ3) is 2.40. The van der Waals surface area contributed by atoms with Gasteiger partial charge in [-0.25, -0.2) is 14.8 Å². The van der Waals surface area contributed by atoms with E-state index in [0.29, 0.717) is 17.3 Å². The van der Waals surface area contributed by atoms with E-state index in [1.165, 1.54) is 13.2 Å². The second kappa shape index (κ2) is 4.74. The predicted octanol–water partition coefficient (Wildman–Crippen LogP) is 0.949. The number of aromatic carboxylic acids is 1. The van der Waals surface area contributed by atoms with E-state index in [1.807, 2.05) is 0 Å². The zero-order chi connectivity index (χ0) is 13.1. The number of ether oxygens (including phenoxy) is 1. The number of carbonyl (C=O) groups is 1. The Kier molecular flexibility index (Phi) is 3.13. The summed E-state index contributed by atoms with van der Waals surface area (Å²) in [6, 6.07) is 4.61. The molecule has 0 unspecified atom stereocenters. The van der Waals surface area contributed by atoms with E-state index in [-0.39, 0.29) is 11.5 Å². The highest BCUT2D eigenvalue weighted by molar-refractivity contribution is 5.85. The fourth-order valence-electron chi connectivity index (χ4n) is 1.34. The molecular formula is C11H10N4O3. The van der Waals surface area contributed by atoms with Gasteiger partial charge in [-0.2, -0.15) is 0 Å². The normalized spacial score (nSPS) is 10.1. The van der Waals surface area contributed by atoms with Gasteiger partial charge in [0.2, 0.25) is 5.88 Å². The van der Waals surface area contributed by atoms with Crippen molar-refractivity contribution >= 4 is 5.97 Å². The first-order chi connectivity index (χ1) is 8.60. The standard InChI is InChI=1S/C11H10N4O3/c1-6-5-8(11(16)17)13-10(12-6)7-3-4-9(18-2)15-14-7/h3-5H,1-2H3,(H,16,17). The molecule has 2 rings (SSSR count). The quantitative estimate of drug-likeness (QED) is 0.860. The van der Waals surface area contributed by atoms with Gasteiger partial charge >= 0.3 is 5.97 Å². The van der Waals surface area contributed by atoms with Crippen molar-refractivity contribution in [3.05, 3.63) is 29.6 Å². The zero-order valence-electron chi connectivity index (χ0n) is 9.78. The third-order valence-electron chi connectivity index (χ3n) is 2.15. The van der Waals surface area contributed by atoms with Gasteiger partial charge in [-0.05, 0) is 19.1 Å². The van der Waals surface area contributed by atoms with Crippen molar-refractivity contribution in [2.45, 2.75) is 6.92 Å². The molecular weight excluding hydrogens is 236 g/mol. The van der Waals surface area contributed by atoms with Crippen LogP contribution >= 0.6 is 0 Å². The summed E-state index contributed by atoms with van der Waals surface area (Å²) in [6.07, 6.45) is 0. The molecule has 0 aliphatic carbocycles. The summed E-state index contributed by atoms with van der Waals surface area (Å²) in [7, 11) is 1.48. The van der Waals surface area contributed by atoms with E-state index in [2.05, 4.69) is 20.2 Å². The molecule has 92 valence electrons. The first-order valence-electron chi connectivity index (χ1n) is 5.07. The molecule has 0 atom stereocenters. The summed E-state index contributed by atoms with van der Waals surface area (Å²) >= 11 is 0. The topological polar surface area (TPSA) is 98.1 Å². The Balaban J connectivity index is 2.46. The molecule has 0 spiro atoms. The predicted molar refractivity (Wildman–Crippen MR) is 61.3 cm³/mol. The van der Waals surface area contributed by atoms with Crippen LogP contribution in [0.1, 0.15) is 16.2 Å². The van der Waals surface area contributed by atoms with Gasteiger partial charge in [-0.1, -0.05) is 0 Å². The lowest BCUT2D eigenvalue weighted by Gasteiger charge is -2.03. The maximum absolute atomic E-state index is 10.9. The number of nitrogens with zero attached hydrogens (tertiary/aromatic N) is 4. The lowest BCUT2D eigenvalue weighted by atomic mass is 10.3. The highest BCUT2D eigenvalue weighted by Gasteiger charge is 2.11. The van der Waals surface area contributed by atoms with Gasteiger partial charge in [-0.3, -0.25) is 0 Å². The van der Waals surface area contributed by atoms with Crippen LogP contribution in [0, 0.1) is 6.92 Å². The highest BCUT2D eigenvalue weighted by atomic mass is 16.5. The lowest BCUT2D eigenvalue weighted by Crippen LogP contribution is -2.05. The van der Waals surface area contributed by atoms with Crippen LogP contribution in [0.5, 0.6) is 5.88 Å². The molecule has 0 aliphatic rings. The molecule has 0 amide bonds. The minimum atomic E-state index is -1.11. The second-order valence-electron chi connectivity index (χ2n) is 3.48. The summed E-state index contributed by atoms with van der Waals surface area (Å²) in [6.45, 7) is 1.69. The Morgan fingerprint density at radius 2 is 2.06 bits per heavy atom. The van der Waals surface area contributed by atoms with Crippen molar-refractivity contribution < 1.29 is 14.6 Å². The largest absolute Gasteiger partial charge is 0.480 e. The molecule has 0 saturated carbocycles. The number of carboxylic acids is 1. The number of rotatable bonds is 3. The summed E-state index contributed by atoms with van der Waals surface area (Å²) in [5.41, 5.74) is 0.868. The van der Waals surface area contributed by atoms with E-state index in [9.17, 15) is 4.79 Å². The van der Waals surface area contributed by atoms with Crippen molar-refractivity contribution in [2.75, 3.05) is 7.11 Å². The molecule has 1 N–H and O–H groups in total. The Hall–Kier alpha value is -2.57. The zero-order valence-corrected chi connectivity index (χ0v) is 9.78. The van der Waals surface area contributed by atoms with Gasteiger partial charge in [0.05, 0.1) is 7.11 Å². The minimum absolute atomic E-state index is 0.0740. The van der Waals surface area contributed by atoms with Crippen molar-refractivity contribution in [1.29, 1.82) is 0 Å². The van der Waals surface area contributed by atoms with Gasteiger partial charge in [0.25, 0.3) is 0 Å². The van der Waals surface area contributed by atoms with Crippen LogP contribution < -0.4 is 4.74 Å². The smallest absolute Gasteiger partial charge is 0.354 e. The molecule has 7 nitrogen and oxygen atoms in total. The van der Waals surface area contributed by atoms with Crippen LogP contribution in [-0.4, -0.2) is 38.4 Å². The Bertz CT molecular complexity index is 583. The summed E-state index contributed by atoms with van der Waals surface area (Å²) in [4.78, 5) is 18.9. The van der Waals surface area contributed by atoms with E-state index >= 15 is 0 Å². The number of aryl methyl sites for hydroxylation is 1. The van der Waals surface area contributed by atoms with E-state index < -0.39 is 5.97 Å². The molecule has 0 aliphatic heterocycles. The average molecular weight is 246 g/mol. The van der Waals surface area contributed by atoms with Gasteiger partial charge in [0, 0.05) is 11.8 Å². The molecule has 18 heavy (non-hydrogen) atoms.